The lowest BCUT2D eigenvalue weighted by molar-refractivity contribution is -0.255. The van der Waals surface area contributed by atoms with Crippen LogP contribution in [0.4, 0.5) is 0 Å². The number of rotatable bonds is 10. The summed E-state index contributed by atoms with van der Waals surface area (Å²) in [5, 5.41) is 20.9. The van der Waals surface area contributed by atoms with Gasteiger partial charge in [0.1, 0.15) is 0 Å². The average molecular weight is 555 g/mol. The van der Waals surface area contributed by atoms with Crippen LogP contribution < -0.4 is 5.32 Å². The van der Waals surface area contributed by atoms with Crippen molar-refractivity contribution in [2.45, 2.75) is 69.5 Å². The number of ether oxygens (including phenoxy) is 4. The van der Waals surface area contributed by atoms with E-state index < -0.39 is 18.0 Å². The van der Waals surface area contributed by atoms with Crippen LogP contribution in [0.2, 0.25) is 0 Å². The van der Waals surface area contributed by atoms with Gasteiger partial charge in [0.15, 0.2) is 12.1 Å². The molecule has 1 amide bonds. The topological polar surface area (TPSA) is 127 Å². The van der Waals surface area contributed by atoms with Crippen molar-refractivity contribution < 1.29 is 38.7 Å². The lowest BCUT2D eigenvalue weighted by Crippen LogP contribution is -2.48. The van der Waals surface area contributed by atoms with Crippen LogP contribution in [-0.4, -0.2) is 71.7 Å². The maximum atomic E-state index is 11.9. The normalized spacial score (nSPS) is 24.7. The molecule has 0 saturated carbocycles. The van der Waals surface area contributed by atoms with Crippen LogP contribution in [0.3, 0.4) is 0 Å². The molecule has 0 radical (unpaired) electrons. The molecule has 3 aliphatic heterocycles. The third-order valence-electron chi connectivity index (χ3n) is 7.82. The summed E-state index contributed by atoms with van der Waals surface area (Å²) in [4.78, 5) is 25.0. The van der Waals surface area contributed by atoms with E-state index in [4.69, 9.17) is 24.1 Å². The average Bonchev–Trinajstić information content (AvgIpc) is 3.44. The first-order chi connectivity index (χ1) is 19.4. The number of hydrogen-bond donors (Lipinski definition) is 3. The first kappa shape index (κ1) is 28.7. The van der Waals surface area contributed by atoms with E-state index in [1.165, 1.54) is 0 Å². The predicted octanol–water partition coefficient (Wildman–Crippen LogP) is 3.04. The van der Waals surface area contributed by atoms with Gasteiger partial charge in [-0.3, -0.25) is 9.59 Å². The molecular weight excluding hydrogens is 516 g/mol. The summed E-state index contributed by atoms with van der Waals surface area (Å²) in [6, 6.07) is 15.6. The Kier molecular flexibility index (Phi) is 9.46. The highest BCUT2D eigenvalue weighted by Crippen LogP contribution is 2.39. The molecule has 0 unspecified atom stereocenters. The number of carboxylic acid groups (broad SMARTS) is 1. The van der Waals surface area contributed by atoms with Crippen LogP contribution >= 0.6 is 0 Å². The number of hydrogen-bond acceptors (Lipinski definition) is 8. The van der Waals surface area contributed by atoms with Gasteiger partial charge in [0.25, 0.3) is 0 Å². The molecule has 3 heterocycles. The maximum Gasteiger partial charge on any atom is 0.303 e. The molecule has 3 aliphatic rings. The molecule has 3 atom stereocenters. The Morgan fingerprint density at radius 2 is 1.55 bits per heavy atom. The van der Waals surface area contributed by atoms with Gasteiger partial charge in [-0.1, -0.05) is 48.5 Å². The van der Waals surface area contributed by atoms with Gasteiger partial charge in [-0.15, -0.1) is 0 Å². The molecule has 0 aliphatic carbocycles. The quantitative estimate of drug-likeness (QED) is 0.406. The molecule has 1 spiro atoms. The Morgan fingerprint density at radius 3 is 2.20 bits per heavy atom. The van der Waals surface area contributed by atoms with Crippen LogP contribution in [-0.2, 0) is 41.7 Å². The van der Waals surface area contributed by atoms with E-state index in [2.05, 4.69) is 10.2 Å². The molecule has 40 heavy (non-hydrogen) atoms. The Morgan fingerprint density at radius 1 is 0.900 bits per heavy atom. The van der Waals surface area contributed by atoms with Gasteiger partial charge in [0.2, 0.25) is 5.91 Å². The zero-order valence-corrected chi connectivity index (χ0v) is 22.6. The molecule has 0 bridgehead atoms. The first-order valence-electron chi connectivity index (χ1n) is 14.0. The number of likely N-dealkylation sites (tertiary alicyclic amines) is 1. The standard InChI is InChI=1S/C30H38N2O8/c33-20-22-3-5-23(6-4-22)26-17-25(19-32-13-11-30(12-14-32)37-15-16-38-30)39-29(40-26)24-7-1-21(2-8-24)18-31-27(34)9-10-28(35)36/h1-8,25-26,29,33H,9-20H2,(H,31,34)(H,35,36)/t25-,26+,29+/m0/s1. The number of nitrogens with one attached hydrogen (secondary N) is 1. The molecule has 216 valence electrons. The van der Waals surface area contributed by atoms with E-state index in [-0.39, 0.29) is 37.6 Å². The Bertz CT molecular complexity index is 1120. The van der Waals surface area contributed by atoms with E-state index >= 15 is 0 Å². The van der Waals surface area contributed by atoms with Gasteiger partial charge < -0.3 is 39.4 Å². The van der Waals surface area contributed by atoms with Gasteiger partial charge in [0.05, 0.1) is 38.4 Å². The highest BCUT2D eigenvalue weighted by atomic mass is 16.7. The van der Waals surface area contributed by atoms with Crippen LogP contribution in [0.25, 0.3) is 0 Å². The second-order valence-corrected chi connectivity index (χ2v) is 10.7. The number of carboxylic acids is 1. The largest absolute Gasteiger partial charge is 0.481 e. The summed E-state index contributed by atoms with van der Waals surface area (Å²) < 4.78 is 24.7. The Balaban J connectivity index is 1.23. The van der Waals surface area contributed by atoms with Crippen molar-refractivity contribution in [1.82, 2.24) is 10.2 Å². The van der Waals surface area contributed by atoms with E-state index in [0.29, 0.717) is 26.2 Å². The predicted molar refractivity (Wildman–Crippen MR) is 144 cm³/mol. The monoisotopic (exact) mass is 554 g/mol. The van der Waals surface area contributed by atoms with Crippen molar-refractivity contribution in [2.75, 3.05) is 32.8 Å². The second-order valence-electron chi connectivity index (χ2n) is 10.7. The van der Waals surface area contributed by atoms with Crippen molar-refractivity contribution in [3.05, 3.63) is 70.8 Å². The first-order valence-corrected chi connectivity index (χ1v) is 14.0. The highest BCUT2D eigenvalue weighted by molar-refractivity contribution is 5.80. The Hall–Kier alpha value is -2.86. The third-order valence-corrected chi connectivity index (χ3v) is 7.82. The van der Waals surface area contributed by atoms with E-state index in [0.717, 1.165) is 54.7 Å². The minimum absolute atomic E-state index is 0.00356. The van der Waals surface area contributed by atoms with Crippen molar-refractivity contribution in [3.8, 4) is 0 Å². The number of aliphatic hydroxyl groups excluding tert-OH is 1. The zero-order chi connectivity index (χ0) is 28.0. The molecule has 3 N–H and O–H groups in total. The number of carbonyl (C=O) groups excluding carboxylic acids is 1. The second kappa shape index (κ2) is 13.2. The van der Waals surface area contributed by atoms with Gasteiger partial charge in [-0.2, -0.15) is 0 Å². The fraction of sp³-hybridized carbons (Fsp3) is 0.533. The molecule has 2 aromatic rings. The number of benzene rings is 2. The fourth-order valence-corrected chi connectivity index (χ4v) is 5.49. The van der Waals surface area contributed by atoms with E-state index in [1.807, 2.05) is 48.5 Å². The minimum atomic E-state index is -0.992. The van der Waals surface area contributed by atoms with Crippen molar-refractivity contribution in [2.24, 2.45) is 0 Å². The van der Waals surface area contributed by atoms with Crippen molar-refractivity contribution in [3.63, 3.8) is 0 Å². The SMILES string of the molecule is O=C(O)CCC(=O)NCc1ccc([C@@H]2O[C@H](CN3CCC4(CC3)OCCO4)C[C@H](c3ccc(CO)cc3)O2)cc1. The summed E-state index contributed by atoms with van der Waals surface area (Å²) in [6.07, 6.45) is 1.40. The summed E-state index contributed by atoms with van der Waals surface area (Å²) in [5.41, 5.74) is 3.68. The minimum Gasteiger partial charge on any atom is -0.481 e. The molecule has 3 fully saturated rings. The molecule has 3 saturated heterocycles. The number of aliphatic carboxylic acids is 1. The zero-order valence-electron chi connectivity index (χ0n) is 22.6. The van der Waals surface area contributed by atoms with Crippen LogP contribution in [0.1, 0.15) is 66.8 Å². The van der Waals surface area contributed by atoms with Crippen molar-refractivity contribution >= 4 is 11.9 Å². The number of amides is 1. The lowest BCUT2D eigenvalue weighted by Gasteiger charge is -2.41. The van der Waals surface area contributed by atoms with Crippen LogP contribution in [0.15, 0.2) is 48.5 Å². The summed E-state index contributed by atoms with van der Waals surface area (Å²) >= 11 is 0. The van der Waals surface area contributed by atoms with Gasteiger partial charge >= 0.3 is 5.97 Å². The molecule has 10 nitrogen and oxygen atoms in total. The molecule has 5 rings (SSSR count). The van der Waals surface area contributed by atoms with Crippen molar-refractivity contribution in [1.29, 1.82) is 0 Å². The maximum absolute atomic E-state index is 11.9. The van der Waals surface area contributed by atoms with Gasteiger partial charge in [-0.25, -0.2) is 0 Å². The van der Waals surface area contributed by atoms with E-state index in [1.54, 1.807) is 0 Å². The molecule has 10 heteroatoms. The summed E-state index contributed by atoms with van der Waals surface area (Å²) in [5.74, 6) is -1.70. The summed E-state index contributed by atoms with van der Waals surface area (Å²) in [6.45, 7) is 4.19. The lowest BCUT2D eigenvalue weighted by atomic mass is 9.98. The van der Waals surface area contributed by atoms with E-state index in [9.17, 15) is 14.7 Å². The number of aliphatic hydroxyl groups is 1. The fourth-order valence-electron chi connectivity index (χ4n) is 5.49. The number of piperidine rings is 1. The van der Waals surface area contributed by atoms with Gasteiger partial charge in [0, 0.05) is 57.4 Å². The highest BCUT2D eigenvalue weighted by Gasteiger charge is 2.41. The van der Waals surface area contributed by atoms with Crippen LogP contribution in [0, 0.1) is 0 Å². The van der Waals surface area contributed by atoms with Gasteiger partial charge in [-0.05, 0) is 16.7 Å². The summed E-state index contributed by atoms with van der Waals surface area (Å²) in [7, 11) is 0. The molecule has 0 aromatic heterocycles. The third kappa shape index (κ3) is 7.45. The Labute approximate surface area is 234 Å². The number of carbonyl (C=O) groups is 2. The smallest absolute Gasteiger partial charge is 0.303 e. The number of nitrogens with zero attached hydrogens (tertiary/aromatic N) is 1. The molecular formula is C30H38N2O8. The van der Waals surface area contributed by atoms with Crippen LogP contribution in [0.5, 0.6) is 0 Å². The molecule has 2 aromatic carbocycles.